The van der Waals surface area contributed by atoms with Gasteiger partial charge in [-0.1, -0.05) is 54.2 Å². The summed E-state index contributed by atoms with van der Waals surface area (Å²) in [5, 5.41) is 15.9. The summed E-state index contributed by atoms with van der Waals surface area (Å²) in [6, 6.07) is 25.7. The number of nitrogens with one attached hydrogen (secondary N) is 2. The van der Waals surface area contributed by atoms with E-state index in [2.05, 4.69) is 20.8 Å². The molecular weight excluding hydrogens is 462 g/mol. The fourth-order valence-corrected chi connectivity index (χ4v) is 4.57. The Balaban J connectivity index is 1.18. The highest BCUT2D eigenvalue weighted by molar-refractivity contribution is 7.99. The molecule has 2 heterocycles. The Labute approximate surface area is 207 Å². The molecule has 3 aromatic carbocycles. The largest absolute Gasteiger partial charge is 0.454 e. The van der Waals surface area contributed by atoms with Gasteiger partial charge in [-0.2, -0.15) is 0 Å². The number of thioether (sulfide) groups is 1. The number of carbonyl (C=O) groups is 1. The maximum Gasteiger partial charge on any atom is 0.231 e. The minimum absolute atomic E-state index is 0.0214. The molecule has 1 aliphatic heterocycles. The summed E-state index contributed by atoms with van der Waals surface area (Å²) in [5.41, 5.74) is 2.97. The zero-order valence-electron chi connectivity index (χ0n) is 19.0. The quantitative estimate of drug-likeness (QED) is 0.320. The highest BCUT2D eigenvalue weighted by atomic mass is 32.2. The van der Waals surface area contributed by atoms with Crippen LogP contribution in [-0.4, -0.2) is 33.2 Å². The lowest BCUT2D eigenvalue weighted by Crippen LogP contribution is -2.23. The summed E-state index contributed by atoms with van der Waals surface area (Å²) in [6.07, 6.45) is 0.370. The van der Waals surface area contributed by atoms with Gasteiger partial charge in [0.15, 0.2) is 22.5 Å². The number of para-hydroxylation sites is 2. The van der Waals surface area contributed by atoms with Crippen molar-refractivity contribution in [3.8, 4) is 17.2 Å². The van der Waals surface area contributed by atoms with Gasteiger partial charge in [-0.25, -0.2) is 0 Å². The van der Waals surface area contributed by atoms with Gasteiger partial charge in [0.2, 0.25) is 12.7 Å². The van der Waals surface area contributed by atoms with E-state index in [1.165, 1.54) is 11.8 Å². The maximum atomic E-state index is 12.4. The SMILES string of the molecule is O=C(CCSc1nnc(CNc2ccccc2)n1-c1ccccc1)NCc1ccc2c(c1)OCO2. The van der Waals surface area contributed by atoms with E-state index in [1.54, 1.807) is 0 Å². The van der Waals surface area contributed by atoms with E-state index in [1.807, 2.05) is 83.4 Å². The first kappa shape index (κ1) is 22.8. The predicted octanol–water partition coefficient (Wildman–Crippen LogP) is 4.41. The van der Waals surface area contributed by atoms with E-state index in [0.29, 0.717) is 31.0 Å². The molecule has 0 atom stereocenters. The second-order valence-corrected chi connectivity index (χ2v) is 8.91. The first-order valence-electron chi connectivity index (χ1n) is 11.3. The zero-order valence-corrected chi connectivity index (χ0v) is 19.8. The predicted molar refractivity (Wildman–Crippen MR) is 135 cm³/mol. The molecule has 1 aromatic heterocycles. The van der Waals surface area contributed by atoms with Gasteiger partial charge in [-0.15, -0.1) is 10.2 Å². The molecule has 0 unspecified atom stereocenters. The standard InChI is InChI=1S/C26H25N5O3S/c32-25(28-16-19-11-12-22-23(15-19)34-18-33-22)13-14-35-26-30-29-24(17-27-20-7-3-1-4-8-20)31(26)21-9-5-2-6-10-21/h1-12,15,27H,13-14,16-18H2,(H,28,32). The Bertz CT molecular complexity index is 1280. The van der Waals surface area contributed by atoms with Crippen molar-refractivity contribution in [1.29, 1.82) is 0 Å². The first-order chi connectivity index (χ1) is 17.3. The van der Waals surface area contributed by atoms with Crippen LogP contribution in [0, 0.1) is 0 Å². The number of rotatable bonds is 10. The average Bonchev–Trinajstić information content (AvgIpc) is 3.54. The van der Waals surface area contributed by atoms with Crippen molar-refractivity contribution in [3.63, 3.8) is 0 Å². The number of fused-ring (bicyclic) bond motifs is 1. The molecule has 9 heteroatoms. The van der Waals surface area contributed by atoms with Crippen LogP contribution in [0.4, 0.5) is 5.69 Å². The molecule has 1 amide bonds. The summed E-state index contributed by atoms with van der Waals surface area (Å²) in [6.45, 7) is 1.21. The minimum atomic E-state index is -0.0214. The van der Waals surface area contributed by atoms with Crippen LogP contribution in [0.2, 0.25) is 0 Å². The number of aromatic nitrogens is 3. The third-order valence-electron chi connectivity index (χ3n) is 5.43. The second kappa shape index (κ2) is 11.0. The Kier molecular flexibility index (Phi) is 7.14. The van der Waals surface area contributed by atoms with E-state index in [9.17, 15) is 4.79 Å². The van der Waals surface area contributed by atoms with Gasteiger partial charge in [0, 0.05) is 30.1 Å². The summed E-state index contributed by atoms with van der Waals surface area (Å²) < 4.78 is 12.8. The van der Waals surface area contributed by atoms with Crippen molar-refractivity contribution in [1.82, 2.24) is 20.1 Å². The van der Waals surface area contributed by atoms with Gasteiger partial charge in [-0.05, 0) is 42.0 Å². The lowest BCUT2D eigenvalue weighted by Gasteiger charge is -2.11. The van der Waals surface area contributed by atoms with Crippen LogP contribution in [0.1, 0.15) is 17.8 Å². The Morgan fingerprint density at radius 2 is 1.69 bits per heavy atom. The lowest BCUT2D eigenvalue weighted by molar-refractivity contribution is -0.120. The number of carbonyl (C=O) groups excluding carboxylic acids is 1. The van der Waals surface area contributed by atoms with Crippen LogP contribution < -0.4 is 20.1 Å². The molecule has 0 bridgehead atoms. The molecule has 178 valence electrons. The molecule has 0 fully saturated rings. The van der Waals surface area contributed by atoms with Gasteiger partial charge in [0.1, 0.15) is 0 Å². The van der Waals surface area contributed by atoms with E-state index < -0.39 is 0 Å². The molecule has 0 aliphatic carbocycles. The highest BCUT2D eigenvalue weighted by Gasteiger charge is 2.16. The van der Waals surface area contributed by atoms with E-state index in [-0.39, 0.29) is 12.7 Å². The fourth-order valence-electron chi connectivity index (χ4n) is 3.66. The number of hydrogen-bond donors (Lipinski definition) is 2. The summed E-state index contributed by atoms with van der Waals surface area (Å²) >= 11 is 1.51. The van der Waals surface area contributed by atoms with Crippen LogP contribution in [0.25, 0.3) is 5.69 Å². The fraction of sp³-hybridized carbons (Fsp3) is 0.192. The summed E-state index contributed by atoms with van der Waals surface area (Å²) in [5.74, 6) is 2.81. The molecule has 0 saturated heterocycles. The maximum absolute atomic E-state index is 12.4. The van der Waals surface area contributed by atoms with Gasteiger partial charge < -0.3 is 20.1 Å². The van der Waals surface area contributed by atoms with Gasteiger partial charge >= 0.3 is 0 Å². The van der Waals surface area contributed by atoms with Crippen molar-refractivity contribution in [2.24, 2.45) is 0 Å². The number of benzene rings is 3. The van der Waals surface area contributed by atoms with Crippen LogP contribution in [-0.2, 0) is 17.9 Å². The van der Waals surface area contributed by atoms with Gasteiger partial charge in [0.25, 0.3) is 0 Å². The molecule has 0 saturated carbocycles. The van der Waals surface area contributed by atoms with Crippen molar-refractivity contribution in [3.05, 3.63) is 90.3 Å². The topological polar surface area (TPSA) is 90.3 Å². The average molecular weight is 488 g/mol. The van der Waals surface area contributed by atoms with Crippen LogP contribution in [0.3, 0.4) is 0 Å². The molecule has 35 heavy (non-hydrogen) atoms. The van der Waals surface area contributed by atoms with Crippen molar-refractivity contribution in [2.75, 3.05) is 17.9 Å². The van der Waals surface area contributed by atoms with Crippen LogP contribution in [0.5, 0.6) is 11.5 Å². The monoisotopic (exact) mass is 487 g/mol. The molecule has 8 nitrogen and oxygen atoms in total. The number of anilines is 1. The normalized spacial score (nSPS) is 11.9. The third kappa shape index (κ3) is 5.75. The molecule has 4 aromatic rings. The minimum Gasteiger partial charge on any atom is -0.454 e. The smallest absolute Gasteiger partial charge is 0.231 e. The third-order valence-corrected chi connectivity index (χ3v) is 6.36. The molecular formula is C26H25N5O3S. The highest BCUT2D eigenvalue weighted by Crippen LogP contribution is 2.32. The lowest BCUT2D eigenvalue weighted by atomic mass is 10.2. The molecule has 5 rings (SSSR count). The van der Waals surface area contributed by atoms with Gasteiger partial charge in [-0.3, -0.25) is 9.36 Å². The number of amides is 1. The van der Waals surface area contributed by atoms with Gasteiger partial charge in [0.05, 0.1) is 6.54 Å². The summed E-state index contributed by atoms with van der Waals surface area (Å²) in [4.78, 5) is 12.4. The number of nitrogens with zero attached hydrogens (tertiary/aromatic N) is 3. The molecule has 0 radical (unpaired) electrons. The van der Waals surface area contributed by atoms with Crippen LogP contribution in [0.15, 0.2) is 84.0 Å². The molecule has 1 aliphatic rings. The first-order valence-corrected chi connectivity index (χ1v) is 12.3. The number of ether oxygens (including phenoxy) is 2. The summed E-state index contributed by atoms with van der Waals surface area (Å²) in [7, 11) is 0. The Hall–Kier alpha value is -3.98. The second-order valence-electron chi connectivity index (χ2n) is 7.85. The van der Waals surface area contributed by atoms with Crippen molar-refractivity contribution >= 4 is 23.4 Å². The van der Waals surface area contributed by atoms with E-state index in [0.717, 1.165) is 33.7 Å². The molecule has 2 N–H and O–H groups in total. The van der Waals surface area contributed by atoms with E-state index in [4.69, 9.17) is 9.47 Å². The number of hydrogen-bond acceptors (Lipinski definition) is 7. The van der Waals surface area contributed by atoms with Crippen molar-refractivity contribution in [2.45, 2.75) is 24.7 Å². The zero-order chi connectivity index (χ0) is 23.9. The van der Waals surface area contributed by atoms with E-state index >= 15 is 0 Å². The van der Waals surface area contributed by atoms with Crippen molar-refractivity contribution < 1.29 is 14.3 Å². The Morgan fingerprint density at radius 1 is 0.914 bits per heavy atom. The molecule has 0 spiro atoms. The Morgan fingerprint density at radius 3 is 2.51 bits per heavy atom. The van der Waals surface area contributed by atoms with Crippen LogP contribution >= 0.6 is 11.8 Å².